The second-order valence-electron chi connectivity index (χ2n) is 7.53. The molecule has 4 nitrogen and oxygen atoms in total. The zero-order valence-corrected chi connectivity index (χ0v) is 13.2. The summed E-state index contributed by atoms with van der Waals surface area (Å²) < 4.78 is 5.62. The monoisotopic (exact) mass is 305 g/mol. The Hall–Kier alpha value is -0.870. The Morgan fingerprint density at radius 3 is 2.41 bits per heavy atom. The molecule has 3 saturated carbocycles. The molecule has 4 fully saturated rings. The third-order valence-corrected chi connectivity index (χ3v) is 5.86. The minimum atomic E-state index is -0.266. The van der Waals surface area contributed by atoms with Crippen LogP contribution in [0.1, 0.15) is 44.9 Å². The number of aliphatic hydroxyl groups excluding tert-OH is 1. The van der Waals surface area contributed by atoms with E-state index in [0.717, 1.165) is 19.3 Å². The molecule has 1 amide bonds. The SMILES string of the molecule is O=C(C=C(C1CC1)C1CC1)N1CCOCC1C1CCCC1O. The highest BCUT2D eigenvalue weighted by molar-refractivity contribution is 5.89. The number of hydrogen-bond acceptors (Lipinski definition) is 3. The van der Waals surface area contributed by atoms with Gasteiger partial charge in [0.2, 0.25) is 5.91 Å². The van der Waals surface area contributed by atoms with Gasteiger partial charge in [-0.1, -0.05) is 12.0 Å². The highest BCUT2D eigenvalue weighted by Gasteiger charge is 2.41. The quantitative estimate of drug-likeness (QED) is 0.810. The van der Waals surface area contributed by atoms with E-state index in [-0.39, 0.29) is 24.0 Å². The van der Waals surface area contributed by atoms with Crippen molar-refractivity contribution in [1.29, 1.82) is 0 Å². The molecule has 4 rings (SSSR count). The summed E-state index contributed by atoms with van der Waals surface area (Å²) in [4.78, 5) is 14.9. The number of morpholine rings is 1. The number of carbonyl (C=O) groups excluding carboxylic acids is 1. The Balaban J connectivity index is 1.50. The Morgan fingerprint density at radius 2 is 1.82 bits per heavy atom. The Morgan fingerprint density at radius 1 is 1.09 bits per heavy atom. The zero-order chi connectivity index (χ0) is 15.1. The lowest BCUT2D eigenvalue weighted by Gasteiger charge is -2.39. The van der Waals surface area contributed by atoms with Crippen LogP contribution in [-0.4, -0.2) is 47.8 Å². The molecule has 1 aliphatic heterocycles. The highest BCUT2D eigenvalue weighted by atomic mass is 16.5. The summed E-state index contributed by atoms with van der Waals surface area (Å²) in [5.74, 6) is 1.74. The van der Waals surface area contributed by atoms with Crippen molar-refractivity contribution in [1.82, 2.24) is 4.90 Å². The zero-order valence-electron chi connectivity index (χ0n) is 13.2. The fourth-order valence-corrected chi connectivity index (χ4v) is 4.30. The summed E-state index contributed by atoms with van der Waals surface area (Å²) in [5.41, 5.74) is 1.42. The lowest BCUT2D eigenvalue weighted by Crippen LogP contribution is -2.53. The van der Waals surface area contributed by atoms with E-state index < -0.39 is 0 Å². The summed E-state index contributed by atoms with van der Waals surface area (Å²) in [6, 6.07) is 0.0645. The lowest BCUT2D eigenvalue weighted by atomic mass is 9.94. The van der Waals surface area contributed by atoms with Gasteiger partial charge in [-0.25, -0.2) is 0 Å². The molecule has 0 radical (unpaired) electrons. The minimum absolute atomic E-state index is 0.0645. The lowest BCUT2D eigenvalue weighted by molar-refractivity contribution is -0.138. The standard InChI is InChI=1S/C18H27NO3/c20-17-3-1-2-14(17)16-11-22-9-8-19(16)18(21)10-15(12-4-5-12)13-6-7-13/h10,12-14,16-17,20H,1-9,11H2. The van der Waals surface area contributed by atoms with E-state index in [9.17, 15) is 9.90 Å². The first-order chi connectivity index (χ1) is 10.7. The van der Waals surface area contributed by atoms with Gasteiger partial charge in [-0.05, 0) is 50.4 Å². The normalized spacial score (nSPS) is 35.5. The minimum Gasteiger partial charge on any atom is -0.393 e. The van der Waals surface area contributed by atoms with Gasteiger partial charge in [0.25, 0.3) is 0 Å². The van der Waals surface area contributed by atoms with Gasteiger partial charge in [-0.2, -0.15) is 0 Å². The van der Waals surface area contributed by atoms with Crippen LogP contribution in [-0.2, 0) is 9.53 Å². The molecule has 1 saturated heterocycles. The summed E-state index contributed by atoms with van der Waals surface area (Å²) >= 11 is 0. The van der Waals surface area contributed by atoms with Crippen LogP contribution < -0.4 is 0 Å². The van der Waals surface area contributed by atoms with Crippen molar-refractivity contribution >= 4 is 5.91 Å². The van der Waals surface area contributed by atoms with Gasteiger partial charge in [-0.15, -0.1) is 0 Å². The average Bonchev–Trinajstić information content (AvgIpc) is 3.44. The number of nitrogens with zero attached hydrogens (tertiary/aromatic N) is 1. The molecule has 22 heavy (non-hydrogen) atoms. The van der Waals surface area contributed by atoms with Crippen LogP contribution in [0.15, 0.2) is 11.6 Å². The average molecular weight is 305 g/mol. The summed E-state index contributed by atoms with van der Waals surface area (Å²) in [6.07, 6.45) is 9.71. The van der Waals surface area contributed by atoms with Gasteiger partial charge in [0.1, 0.15) is 0 Å². The van der Waals surface area contributed by atoms with Crippen molar-refractivity contribution in [3.05, 3.63) is 11.6 Å². The maximum Gasteiger partial charge on any atom is 0.246 e. The maximum absolute atomic E-state index is 12.9. The first kappa shape index (κ1) is 14.7. The molecule has 0 aromatic carbocycles. The molecular weight excluding hydrogens is 278 g/mol. The Labute approximate surface area is 132 Å². The molecule has 1 N–H and O–H groups in total. The number of hydrogen-bond donors (Lipinski definition) is 1. The molecule has 1 heterocycles. The number of rotatable bonds is 4. The van der Waals surface area contributed by atoms with E-state index in [4.69, 9.17) is 4.74 Å². The Kier molecular flexibility index (Phi) is 3.99. The van der Waals surface area contributed by atoms with Crippen molar-refractivity contribution in [3.63, 3.8) is 0 Å². The largest absolute Gasteiger partial charge is 0.393 e. The van der Waals surface area contributed by atoms with E-state index >= 15 is 0 Å². The predicted molar refractivity (Wildman–Crippen MR) is 83.2 cm³/mol. The van der Waals surface area contributed by atoms with Gasteiger partial charge in [-0.3, -0.25) is 4.79 Å². The molecule has 0 aromatic heterocycles. The van der Waals surface area contributed by atoms with Crippen LogP contribution in [0.3, 0.4) is 0 Å². The number of aliphatic hydroxyl groups is 1. The van der Waals surface area contributed by atoms with Gasteiger partial charge < -0.3 is 14.7 Å². The number of carbonyl (C=O) groups is 1. The molecule has 0 aromatic rings. The molecule has 0 bridgehead atoms. The van der Waals surface area contributed by atoms with E-state index in [1.165, 1.54) is 31.3 Å². The van der Waals surface area contributed by atoms with Crippen LogP contribution in [0, 0.1) is 17.8 Å². The molecule has 4 aliphatic rings. The maximum atomic E-state index is 12.9. The van der Waals surface area contributed by atoms with E-state index in [0.29, 0.717) is 31.6 Å². The van der Waals surface area contributed by atoms with Crippen molar-refractivity contribution in [2.24, 2.45) is 17.8 Å². The third kappa shape index (κ3) is 2.95. The first-order valence-corrected chi connectivity index (χ1v) is 9.02. The van der Waals surface area contributed by atoms with Gasteiger partial charge in [0, 0.05) is 18.5 Å². The molecular formula is C18H27NO3. The van der Waals surface area contributed by atoms with Gasteiger partial charge in [0.15, 0.2) is 0 Å². The van der Waals surface area contributed by atoms with Crippen molar-refractivity contribution < 1.29 is 14.6 Å². The van der Waals surface area contributed by atoms with Crippen molar-refractivity contribution in [2.45, 2.75) is 57.1 Å². The first-order valence-electron chi connectivity index (χ1n) is 9.02. The van der Waals surface area contributed by atoms with E-state index in [1.807, 2.05) is 11.0 Å². The number of allylic oxidation sites excluding steroid dienone is 1. The van der Waals surface area contributed by atoms with Crippen LogP contribution in [0.25, 0.3) is 0 Å². The smallest absolute Gasteiger partial charge is 0.246 e. The van der Waals surface area contributed by atoms with Gasteiger partial charge in [0.05, 0.1) is 25.4 Å². The van der Waals surface area contributed by atoms with Crippen molar-refractivity contribution in [2.75, 3.05) is 19.8 Å². The van der Waals surface area contributed by atoms with Crippen LogP contribution in [0.5, 0.6) is 0 Å². The van der Waals surface area contributed by atoms with Gasteiger partial charge >= 0.3 is 0 Å². The summed E-state index contributed by atoms with van der Waals surface area (Å²) in [5, 5.41) is 10.2. The molecule has 4 heteroatoms. The third-order valence-electron chi connectivity index (χ3n) is 5.86. The van der Waals surface area contributed by atoms with Crippen LogP contribution in [0.4, 0.5) is 0 Å². The second-order valence-corrected chi connectivity index (χ2v) is 7.53. The fourth-order valence-electron chi connectivity index (χ4n) is 4.30. The van der Waals surface area contributed by atoms with E-state index in [2.05, 4.69) is 0 Å². The summed E-state index contributed by atoms with van der Waals surface area (Å²) in [7, 11) is 0. The van der Waals surface area contributed by atoms with Crippen LogP contribution >= 0.6 is 0 Å². The van der Waals surface area contributed by atoms with E-state index in [1.54, 1.807) is 0 Å². The topological polar surface area (TPSA) is 49.8 Å². The molecule has 0 spiro atoms. The molecule has 3 atom stereocenters. The molecule has 122 valence electrons. The molecule has 3 aliphatic carbocycles. The second kappa shape index (κ2) is 5.97. The number of ether oxygens (including phenoxy) is 1. The number of amides is 1. The summed E-state index contributed by atoms with van der Waals surface area (Å²) in [6.45, 7) is 1.89. The predicted octanol–water partition coefficient (Wildman–Crippen LogP) is 2.12. The van der Waals surface area contributed by atoms with Crippen LogP contribution in [0.2, 0.25) is 0 Å². The van der Waals surface area contributed by atoms with Crippen molar-refractivity contribution in [3.8, 4) is 0 Å². The Bertz CT molecular complexity index is 453. The highest BCUT2D eigenvalue weighted by Crippen LogP contribution is 2.48. The fraction of sp³-hybridized carbons (Fsp3) is 0.833. The molecule has 3 unspecified atom stereocenters.